The molecule has 0 aromatic carbocycles. The van der Waals surface area contributed by atoms with Gasteiger partial charge in [-0.05, 0) is 36.7 Å². The Kier molecular flexibility index (Phi) is 3.19. The maximum Gasteiger partial charge on any atom is 0.159 e. The van der Waals surface area contributed by atoms with Gasteiger partial charge in [-0.2, -0.15) is 0 Å². The third kappa shape index (κ3) is 1.84. The van der Waals surface area contributed by atoms with Gasteiger partial charge in [-0.3, -0.25) is 4.79 Å². The van der Waals surface area contributed by atoms with E-state index in [-0.39, 0.29) is 41.2 Å². The second-order valence-corrected chi connectivity index (χ2v) is 7.02. The zero-order chi connectivity index (χ0) is 13.7. The van der Waals surface area contributed by atoms with Crippen molar-refractivity contribution in [2.75, 3.05) is 6.61 Å². The summed E-state index contributed by atoms with van der Waals surface area (Å²) in [5, 5.41) is 19.8. The molecule has 0 saturated heterocycles. The van der Waals surface area contributed by atoms with E-state index in [1.54, 1.807) is 6.08 Å². The number of hydrogen-bond donors (Lipinski definition) is 2. The summed E-state index contributed by atoms with van der Waals surface area (Å²) in [5.74, 6) is 0.0419. The molecule has 102 valence electrons. The number of ketones is 1. The van der Waals surface area contributed by atoms with E-state index < -0.39 is 0 Å². The van der Waals surface area contributed by atoms with Crippen LogP contribution in [0.1, 0.15) is 40.5 Å². The fourth-order valence-corrected chi connectivity index (χ4v) is 4.65. The van der Waals surface area contributed by atoms with E-state index in [9.17, 15) is 15.0 Å². The van der Waals surface area contributed by atoms with E-state index in [0.29, 0.717) is 12.8 Å². The van der Waals surface area contributed by atoms with Crippen molar-refractivity contribution in [2.24, 2.45) is 22.7 Å². The number of rotatable bonds is 1. The van der Waals surface area contributed by atoms with E-state index in [0.717, 1.165) is 5.57 Å². The van der Waals surface area contributed by atoms with Crippen LogP contribution in [0.15, 0.2) is 11.6 Å². The molecule has 0 aromatic heterocycles. The van der Waals surface area contributed by atoms with Crippen LogP contribution < -0.4 is 0 Å². The summed E-state index contributed by atoms with van der Waals surface area (Å²) in [6.07, 6.45) is 2.58. The van der Waals surface area contributed by atoms with Gasteiger partial charge >= 0.3 is 0 Å². The average Bonchev–Trinajstić information content (AvgIpc) is 2.12. The summed E-state index contributed by atoms with van der Waals surface area (Å²) in [6.45, 7) is 8.12. The van der Waals surface area contributed by atoms with Crippen molar-refractivity contribution in [1.82, 2.24) is 0 Å². The molecule has 3 nitrogen and oxygen atoms in total. The molecule has 1 fully saturated rings. The highest BCUT2D eigenvalue weighted by Gasteiger charge is 2.57. The molecule has 4 atom stereocenters. The molecule has 0 amide bonds. The quantitative estimate of drug-likeness (QED) is 0.749. The summed E-state index contributed by atoms with van der Waals surface area (Å²) in [6, 6.07) is 0. The monoisotopic (exact) mass is 252 g/mol. The predicted octanol–water partition coefficient (Wildman–Crippen LogP) is 1.93. The van der Waals surface area contributed by atoms with Crippen LogP contribution in [0.25, 0.3) is 0 Å². The first-order valence-corrected chi connectivity index (χ1v) is 6.73. The third-order valence-electron chi connectivity index (χ3n) is 5.06. The first-order chi connectivity index (χ1) is 8.22. The largest absolute Gasteiger partial charge is 0.396 e. The molecule has 18 heavy (non-hydrogen) atoms. The molecule has 0 heterocycles. The predicted molar refractivity (Wildman–Crippen MR) is 70.0 cm³/mol. The highest BCUT2D eigenvalue weighted by Crippen LogP contribution is 2.58. The second-order valence-electron chi connectivity index (χ2n) is 7.02. The van der Waals surface area contributed by atoms with Gasteiger partial charge in [0.25, 0.3) is 0 Å². The number of carbonyl (C=O) groups excluding carboxylic acids is 1. The Labute approximate surface area is 109 Å². The first kappa shape index (κ1) is 13.8. The van der Waals surface area contributed by atoms with Gasteiger partial charge in [-0.25, -0.2) is 0 Å². The van der Waals surface area contributed by atoms with E-state index in [2.05, 4.69) is 20.8 Å². The van der Waals surface area contributed by atoms with Gasteiger partial charge < -0.3 is 10.2 Å². The molecule has 0 radical (unpaired) electrons. The lowest BCUT2D eigenvalue weighted by Gasteiger charge is -2.56. The molecule has 2 N–H and O–H groups in total. The molecule has 2 aliphatic carbocycles. The molecule has 0 aliphatic heterocycles. The zero-order valence-electron chi connectivity index (χ0n) is 11.7. The second kappa shape index (κ2) is 4.17. The number of allylic oxidation sites excluding steroid dienone is 1. The van der Waals surface area contributed by atoms with Crippen LogP contribution in [0, 0.1) is 22.7 Å². The van der Waals surface area contributed by atoms with E-state index in [1.807, 2.05) is 6.92 Å². The van der Waals surface area contributed by atoms with Crippen molar-refractivity contribution in [3.63, 3.8) is 0 Å². The Morgan fingerprint density at radius 2 is 1.94 bits per heavy atom. The lowest BCUT2D eigenvalue weighted by molar-refractivity contribution is -0.146. The van der Waals surface area contributed by atoms with Crippen LogP contribution in [0.3, 0.4) is 0 Å². The third-order valence-corrected chi connectivity index (χ3v) is 5.06. The minimum Gasteiger partial charge on any atom is -0.396 e. The van der Waals surface area contributed by atoms with Crippen molar-refractivity contribution < 1.29 is 15.0 Å². The number of carbonyl (C=O) groups is 1. The first-order valence-electron chi connectivity index (χ1n) is 6.73. The van der Waals surface area contributed by atoms with Crippen LogP contribution >= 0.6 is 0 Å². The smallest absolute Gasteiger partial charge is 0.159 e. The summed E-state index contributed by atoms with van der Waals surface area (Å²) in [7, 11) is 0. The molecule has 3 heteroatoms. The maximum atomic E-state index is 12.4. The SMILES string of the molecule is CC1=CC(=O)[C@@H]2C(C)(C)C[C@@H](O)C[C@]2(C)[C@@H]1CO. The standard InChI is InChI=1S/C15H24O3/c1-9-5-12(18)13-14(2,3)6-10(17)7-15(13,4)11(9)8-16/h5,10-11,13,16-17H,6-8H2,1-4H3/t10-,11-,13-,15-/m1/s1. The van der Waals surface area contributed by atoms with Crippen molar-refractivity contribution >= 4 is 5.78 Å². The lowest BCUT2D eigenvalue weighted by atomic mass is 9.48. The molecule has 0 unspecified atom stereocenters. The minimum atomic E-state index is -0.381. The van der Waals surface area contributed by atoms with Crippen molar-refractivity contribution in [3.05, 3.63) is 11.6 Å². The Hall–Kier alpha value is -0.670. The zero-order valence-corrected chi connectivity index (χ0v) is 11.7. The van der Waals surface area contributed by atoms with Gasteiger partial charge in [-0.15, -0.1) is 0 Å². The summed E-state index contributed by atoms with van der Waals surface area (Å²) in [4.78, 5) is 12.4. The van der Waals surface area contributed by atoms with Gasteiger partial charge in [-0.1, -0.05) is 26.3 Å². The van der Waals surface area contributed by atoms with Gasteiger partial charge in [0, 0.05) is 11.8 Å². The van der Waals surface area contributed by atoms with E-state index >= 15 is 0 Å². The Balaban J connectivity index is 2.54. The number of fused-ring (bicyclic) bond motifs is 1. The fraction of sp³-hybridized carbons (Fsp3) is 0.800. The van der Waals surface area contributed by atoms with Gasteiger partial charge in [0.15, 0.2) is 5.78 Å². The van der Waals surface area contributed by atoms with Gasteiger partial charge in [0.05, 0.1) is 12.7 Å². The molecular formula is C15H24O3. The Morgan fingerprint density at radius 1 is 1.33 bits per heavy atom. The maximum absolute atomic E-state index is 12.4. The average molecular weight is 252 g/mol. The molecule has 0 spiro atoms. The van der Waals surface area contributed by atoms with Crippen molar-refractivity contribution in [1.29, 1.82) is 0 Å². The molecular weight excluding hydrogens is 228 g/mol. The normalized spacial score (nSPS) is 43.3. The van der Waals surface area contributed by atoms with E-state index in [4.69, 9.17) is 0 Å². The van der Waals surface area contributed by atoms with E-state index in [1.165, 1.54) is 0 Å². The highest BCUT2D eigenvalue weighted by atomic mass is 16.3. The Morgan fingerprint density at radius 3 is 2.50 bits per heavy atom. The molecule has 0 bridgehead atoms. The highest BCUT2D eigenvalue weighted by molar-refractivity contribution is 5.95. The van der Waals surface area contributed by atoms with Crippen LogP contribution in [0.2, 0.25) is 0 Å². The van der Waals surface area contributed by atoms with Crippen LogP contribution in [0.5, 0.6) is 0 Å². The van der Waals surface area contributed by atoms with Crippen LogP contribution in [0.4, 0.5) is 0 Å². The van der Waals surface area contributed by atoms with Gasteiger partial charge in [0.1, 0.15) is 0 Å². The minimum absolute atomic E-state index is 0.0191. The summed E-state index contributed by atoms with van der Waals surface area (Å²) < 4.78 is 0. The van der Waals surface area contributed by atoms with Crippen molar-refractivity contribution in [2.45, 2.75) is 46.6 Å². The molecule has 2 rings (SSSR count). The summed E-state index contributed by atoms with van der Waals surface area (Å²) >= 11 is 0. The Bertz CT molecular complexity index is 397. The topological polar surface area (TPSA) is 57.5 Å². The number of aliphatic hydroxyl groups is 2. The summed E-state index contributed by atoms with van der Waals surface area (Å²) in [5.41, 5.74) is 0.408. The number of aliphatic hydroxyl groups excluding tert-OH is 2. The molecule has 2 aliphatic rings. The number of hydrogen-bond acceptors (Lipinski definition) is 3. The molecule has 0 aromatic rings. The van der Waals surface area contributed by atoms with Crippen LogP contribution in [-0.4, -0.2) is 28.7 Å². The van der Waals surface area contributed by atoms with Crippen LogP contribution in [-0.2, 0) is 4.79 Å². The van der Waals surface area contributed by atoms with Gasteiger partial charge in [0.2, 0.25) is 0 Å². The molecule has 1 saturated carbocycles. The van der Waals surface area contributed by atoms with Crippen molar-refractivity contribution in [3.8, 4) is 0 Å². The lowest BCUT2D eigenvalue weighted by Crippen LogP contribution is -2.56. The fourth-order valence-electron chi connectivity index (χ4n) is 4.65.